The van der Waals surface area contributed by atoms with Crippen molar-refractivity contribution < 1.29 is 14.9 Å². The van der Waals surface area contributed by atoms with Crippen molar-refractivity contribution in [3.8, 4) is 11.8 Å². The van der Waals surface area contributed by atoms with E-state index < -0.39 is 11.7 Å². The zero-order valence-corrected chi connectivity index (χ0v) is 7.37. The largest absolute Gasteiger partial charge is 0.384 e. The van der Waals surface area contributed by atoms with Gasteiger partial charge in [0.25, 0.3) is 0 Å². The van der Waals surface area contributed by atoms with Crippen LogP contribution >= 0.6 is 0 Å². The third-order valence-electron chi connectivity index (χ3n) is 2.21. The van der Waals surface area contributed by atoms with Crippen LogP contribution in [-0.4, -0.2) is 34.6 Å². The third-order valence-corrected chi connectivity index (χ3v) is 2.21. The predicted molar refractivity (Wildman–Crippen MR) is 44.4 cm³/mol. The van der Waals surface area contributed by atoms with E-state index in [4.69, 9.17) is 9.84 Å². The summed E-state index contributed by atoms with van der Waals surface area (Å²) in [5.41, 5.74) is -0.503. The number of aliphatic hydroxyl groups is 2. The van der Waals surface area contributed by atoms with E-state index in [1.165, 1.54) is 0 Å². The van der Waals surface area contributed by atoms with E-state index in [-0.39, 0.29) is 12.7 Å². The van der Waals surface area contributed by atoms with Crippen molar-refractivity contribution in [3.05, 3.63) is 0 Å². The second-order valence-corrected chi connectivity index (χ2v) is 3.08. The lowest BCUT2D eigenvalue weighted by molar-refractivity contribution is 0.131. The van der Waals surface area contributed by atoms with Crippen molar-refractivity contribution >= 4 is 0 Å². The number of ether oxygens (including phenoxy) is 1. The Balaban J connectivity index is 2.49. The molecule has 12 heavy (non-hydrogen) atoms. The van der Waals surface area contributed by atoms with Crippen LogP contribution < -0.4 is 0 Å². The van der Waals surface area contributed by atoms with E-state index in [0.717, 1.165) is 6.42 Å². The van der Waals surface area contributed by atoms with Gasteiger partial charge in [0.1, 0.15) is 18.3 Å². The Morgan fingerprint density at radius 3 is 2.75 bits per heavy atom. The quantitative estimate of drug-likeness (QED) is 0.450. The van der Waals surface area contributed by atoms with Crippen molar-refractivity contribution in [1.82, 2.24) is 0 Å². The molecule has 0 aliphatic carbocycles. The molecule has 0 amide bonds. The molecule has 0 saturated carbocycles. The number of aliphatic hydroxyl groups excluding tert-OH is 2. The minimum Gasteiger partial charge on any atom is -0.384 e. The van der Waals surface area contributed by atoms with Gasteiger partial charge in [-0.15, -0.1) is 0 Å². The highest BCUT2D eigenvalue weighted by atomic mass is 16.6. The summed E-state index contributed by atoms with van der Waals surface area (Å²) in [5.74, 6) is 4.94. The lowest BCUT2D eigenvalue weighted by Gasteiger charge is -2.07. The van der Waals surface area contributed by atoms with Gasteiger partial charge in [0.15, 0.2) is 0 Å². The molecule has 1 aliphatic rings. The maximum atomic E-state index is 9.47. The molecular formula is C9H14O3. The maximum absolute atomic E-state index is 9.47. The first-order valence-electron chi connectivity index (χ1n) is 4.10. The Labute approximate surface area is 72.4 Å². The van der Waals surface area contributed by atoms with Crippen LogP contribution in [0, 0.1) is 11.8 Å². The van der Waals surface area contributed by atoms with Gasteiger partial charge in [0.2, 0.25) is 0 Å². The van der Waals surface area contributed by atoms with Crippen LogP contribution in [0.2, 0.25) is 0 Å². The minimum absolute atomic E-state index is 0.112. The average Bonchev–Trinajstić information content (AvgIpc) is 2.74. The Bertz CT molecular complexity index is 216. The zero-order valence-electron chi connectivity index (χ0n) is 7.37. The summed E-state index contributed by atoms with van der Waals surface area (Å²) < 4.78 is 5.28. The van der Waals surface area contributed by atoms with Crippen molar-refractivity contribution in [1.29, 1.82) is 0 Å². The minimum atomic E-state index is -0.783. The molecule has 0 radical (unpaired) electrons. The van der Waals surface area contributed by atoms with Gasteiger partial charge in [-0.1, -0.05) is 18.8 Å². The first-order chi connectivity index (χ1) is 5.65. The van der Waals surface area contributed by atoms with Gasteiger partial charge in [0, 0.05) is 0 Å². The second kappa shape index (κ2) is 3.44. The Kier molecular flexibility index (Phi) is 2.73. The van der Waals surface area contributed by atoms with Gasteiger partial charge in [-0.2, -0.15) is 0 Å². The van der Waals surface area contributed by atoms with Crippen LogP contribution in [-0.2, 0) is 4.74 Å². The number of epoxide rings is 1. The molecule has 1 fully saturated rings. The molecule has 68 valence electrons. The molecule has 3 atom stereocenters. The Hall–Kier alpha value is -0.560. The fourth-order valence-electron chi connectivity index (χ4n) is 1.29. The Morgan fingerprint density at radius 1 is 1.67 bits per heavy atom. The molecule has 0 aromatic carbocycles. The Morgan fingerprint density at radius 2 is 2.33 bits per heavy atom. The van der Waals surface area contributed by atoms with Crippen LogP contribution in [0.15, 0.2) is 0 Å². The van der Waals surface area contributed by atoms with E-state index in [1.54, 1.807) is 0 Å². The fraction of sp³-hybridized carbons (Fsp3) is 0.778. The number of hydrogen-bond acceptors (Lipinski definition) is 3. The van der Waals surface area contributed by atoms with Gasteiger partial charge >= 0.3 is 0 Å². The number of hydrogen-bond donors (Lipinski definition) is 2. The van der Waals surface area contributed by atoms with Crippen molar-refractivity contribution in [2.45, 2.75) is 38.1 Å². The monoisotopic (exact) mass is 170 g/mol. The van der Waals surface area contributed by atoms with Gasteiger partial charge in [-0.25, -0.2) is 0 Å². The average molecular weight is 170 g/mol. The first kappa shape index (κ1) is 9.53. The smallest absolute Gasteiger partial charge is 0.145 e. The van der Waals surface area contributed by atoms with Crippen LogP contribution in [0.25, 0.3) is 0 Å². The highest BCUT2D eigenvalue weighted by Gasteiger charge is 2.55. The van der Waals surface area contributed by atoms with E-state index in [2.05, 4.69) is 11.8 Å². The summed E-state index contributed by atoms with van der Waals surface area (Å²) in [5, 5.41) is 17.9. The second-order valence-electron chi connectivity index (χ2n) is 3.08. The van der Waals surface area contributed by atoms with Crippen molar-refractivity contribution in [2.24, 2.45) is 0 Å². The molecule has 3 unspecified atom stereocenters. The van der Waals surface area contributed by atoms with Crippen LogP contribution in [0.3, 0.4) is 0 Å². The lowest BCUT2D eigenvalue weighted by Crippen LogP contribution is -2.27. The van der Waals surface area contributed by atoms with E-state index in [1.807, 2.05) is 13.8 Å². The standard InChI is InChI=1S/C9H14O3/c1-3-8-9(2,12-8)7(11)5-4-6-10/h7-8,10-11H,3,6H2,1-2H3. The molecule has 3 heteroatoms. The normalized spacial score (nSPS) is 35.2. The molecule has 1 saturated heterocycles. The highest BCUT2D eigenvalue weighted by Crippen LogP contribution is 2.40. The molecular weight excluding hydrogens is 156 g/mol. The molecule has 0 aromatic rings. The summed E-state index contributed by atoms with van der Waals surface area (Å²) in [7, 11) is 0. The van der Waals surface area contributed by atoms with Crippen LogP contribution in [0.5, 0.6) is 0 Å². The van der Waals surface area contributed by atoms with Gasteiger partial charge in [0.05, 0.1) is 6.10 Å². The molecule has 0 aromatic heterocycles. The molecule has 3 nitrogen and oxygen atoms in total. The molecule has 2 N–H and O–H groups in total. The summed E-state index contributed by atoms with van der Waals surface area (Å²) in [4.78, 5) is 0. The van der Waals surface area contributed by atoms with Gasteiger partial charge in [-0.3, -0.25) is 0 Å². The topological polar surface area (TPSA) is 53.0 Å². The van der Waals surface area contributed by atoms with Crippen molar-refractivity contribution in [3.63, 3.8) is 0 Å². The van der Waals surface area contributed by atoms with E-state index in [0.29, 0.717) is 0 Å². The summed E-state index contributed by atoms with van der Waals surface area (Å²) >= 11 is 0. The predicted octanol–water partition coefficient (Wildman–Crippen LogP) is -0.0895. The molecule has 1 rings (SSSR count). The lowest BCUT2D eigenvalue weighted by atomic mass is 9.99. The first-order valence-corrected chi connectivity index (χ1v) is 4.10. The highest BCUT2D eigenvalue weighted by molar-refractivity contribution is 5.17. The van der Waals surface area contributed by atoms with Crippen LogP contribution in [0.1, 0.15) is 20.3 Å². The van der Waals surface area contributed by atoms with Crippen LogP contribution in [0.4, 0.5) is 0 Å². The van der Waals surface area contributed by atoms with Gasteiger partial charge < -0.3 is 14.9 Å². The van der Waals surface area contributed by atoms with E-state index in [9.17, 15) is 5.11 Å². The van der Waals surface area contributed by atoms with Gasteiger partial charge in [-0.05, 0) is 13.3 Å². The van der Waals surface area contributed by atoms with Crippen molar-refractivity contribution in [2.75, 3.05) is 6.61 Å². The summed E-state index contributed by atoms with van der Waals surface area (Å²) in [6, 6.07) is 0. The SMILES string of the molecule is CCC1OC1(C)C(O)C#CCO. The summed E-state index contributed by atoms with van der Waals surface area (Å²) in [6.45, 7) is 3.62. The van der Waals surface area contributed by atoms with E-state index >= 15 is 0 Å². The summed E-state index contributed by atoms with van der Waals surface area (Å²) in [6.07, 6.45) is 0.212. The molecule has 0 bridgehead atoms. The third kappa shape index (κ3) is 1.61. The zero-order chi connectivity index (χ0) is 9.19. The molecule has 1 heterocycles. The number of rotatable bonds is 2. The molecule has 1 aliphatic heterocycles. The fourth-order valence-corrected chi connectivity index (χ4v) is 1.29. The molecule has 0 spiro atoms. The maximum Gasteiger partial charge on any atom is 0.145 e.